The van der Waals surface area contributed by atoms with Crippen molar-refractivity contribution in [1.82, 2.24) is 19.8 Å². The summed E-state index contributed by atoms with van der Waals surface area (Å²) in [6.07, 6.45) is 0.337. The largest absolute Gasteiger partial charge is 0.490 e. The zero-order valence-corrected chi connectivity index (χ0v) is 30.5. The first-order valence-electron chi connectivity index (χ1n) is 19.3. The van der Waals surface area contributed by atoms with Crippen molar-refractivity contribution in [2.75, 3.05) is 19.6 Å². The number of nitrogens with zero attached hydrogens (tertiary/aromatic N) is 3. The molecule has 6 fully saturated rings. The van der Waals surface area contributed by atoms with Gasteiger partial charge in [0.15, 0.2) is 5.69 Å². The number of aliphatic carboxylic acids is 1. The van der Waals surface area contributed by atoms with Gasteiger partial charge in [-0.3, -0.25) is 9.69 Å². The van der Waals surface area contributed by atoms with Gasteiger partial charge < -0.3 is 19.7 Å². The molecule has 1 saturated heterocycles. The number of hydrogen-bond donors (Lipinski definition) is 2. The SMILES string of the molecule is CC(F)(F)CN1CCC(Oc2ccc3c(-c4ccc(C(=O)NC5(C(=O)O)C6CC7CC(C6)CC5C7)c(C(F)(F)F)n4)cn(C4CCC(F)(F)CC4)c3c2)CC1. The average molecular weight is 779 g/mol. The molecule has 15 heteroatoms. The van der Waals surface area contributed by atoms with E-state index in [-0.39, 0.29) is 61.9 Å². The third-order valence-corrected chi connectivity index (χ3v) is 13.0. The lowest BCUT2D eigenvalue weighted by Crippen LogP contribution is -2.70. The standard InChI is InChI=1S/C40H45F7N4O4/c1-37(41,42)21-50-12-8-27(9-13-50)55-28-2-3-29-31(20-51(33(29)19-28)26-6-10-38(43,44)11-7-26)32-5-4-30(34(48-32)40(45,46)47)35(52)49-39(36(53)54)24-15-22-14-23(17-24)18-25(39)16-22/h2-5,19-20,22-27H,6-18,21H2,1H3,(H,49,52)(H,53,54). The Bertz CT molecular complexity index is 1930. The normalized spacial score (nSPS) is 28.8. The molecule has 6 aliphatic rings. The van der Waals surface area contributed by atoms with E-state index in [0.717, 1.165) is 19.4 Å². The van der Waals surface area contributed by atoms with Gasteiger partial charge in [-0.25, -0.2) is 27.3 Å². The molecule has 5 aliphatic carbocycles. The van der Waals surface area contributed by atoms with Gasteiger partial charge >= 0.3 is 12.1 Å². The number of carbonyl (C=O) groups is 2. The van der Waals surface area contributed by atoms with E-state index in [1.165, 1.54) is 6.07 Å². The Labute approximate surface area is 313 Å². The van der Waals surface area contributed by atoms with Gasteiger partial charge in [0.25, 0.3) is 11.8 Å². The number of likely N-dealkylation sites (tertiary alicyclic amines) is 1. The minimum Gasteiger partial charge on any atom is -0.490 e. The van der Waals surface area contributed by atoms with E-state index in [1.54, 1.807) is 33.9 Å². The Morgan fingerprint density at radius 3 is 2.15 bits per heavy atom. The van der Waals surface area contributed by atoms with Crippen molar-refractivity contribution < 1.29 is 50.2 Å². The maximum atomic E-state index is 14.8. The summed E-state index contributed by atoms with van der Waals surface area (Å²) in [5.41, 5.74) is -3.12. The smallest absolute Gasteiger partial charge is 0.434 e. The third kappa shape index (κ3) is 7.30. The van der Waals surface area contributed by atoms with Crippen LogP contribution in [0.2, 0.25) is 0 Å². The number of carboxylic acid groups (broad SMARTS) is 1. The van der Waals surface area contributed by atoms with Crippen molar-refractivity contribution in [3.63, 3.8) is 0 Å². The summed E-state index contributed by atoms with van der Waals surface area (Å²) in [7, 11) is 0. The molecule has 1 aliphatic heterocycles. The zero-order valence-electron chi connectivity index (χ0n) is 30.5. The van der Waals surface area contributed by atoms with Crippen LogP contribution in [0.25, 0.3) is 22.2 Å². The summed E-state index contributed by atoms with van der Waals surface area (Å²) in [5, 5.41) is 13.6. The number of pyridine rings is 1. The molecule has 1 amide bonds. The molecule has 3 heterocycles. The van der Waals surface area contributed by atoms with Crippen LogP contribution in [0.5, 0.6) is 5.75 Å². The monoisotopic (exact) mass is 778 g/mol. The summed E-state index contributed by atoms with van der Waals surface area (Å²) in [4.78, 5) is 32.3. The first-order chi connectivity index (χ1) is 25.9. The lowest BCUT2D eigenvalue weighted by atomic mass is 9.48. The number of halogens is 7. The molecule has 0 radical (unpaired) electrons. The Morgan fingerprint density at radius 2 is 1.56 bits per heavy atom. The van der Waals surface area contributed by atoms with Crippen molar-refractivity contribution in [2.24, 2.45) is 23.7 Å². The second kappa shape index (κ2) is 13.7. The lowest BCUT2D eigenvalue weighted by molar-refractivity contribution is -0.163. The molecule has 4 bridgehead atoms. The summed E-state index contributed by atoms with van der Waals surface area (Å²) in [6.45, 7) is 1.39. The summed E-state index contributed by atoms with van der Waals surface area (Å²) in [5.74, 6) is -7.56. The molecule has 0 spiro atoms. The highest BCUT2D eigenvalue weighted by atomic mass is 19.4. The maximum Gasteiger partial charge on any atom is 0.434 e. The number of nitrogens with one attached hydrogen (secondary N) is 1. The van der Waals surface area contributed by atoms with Crippen molar-refractivity contribution in [1.29, 1.82) is 0 Å². The van der Waals surface area contributed by atoms with E-state index in [2.05, 4.69) is 10.3 Å². The number of benzene rings is 1. The predicted octanol–water partition coefficient (Wildman–Crippen LogP) is 8.98. The van der Waals surface area contributed by atoms with E-state index in [9.17, 15) is 45.4 Å². The van der Waals surface area contributed by atoms with Gasteiger partial charge in [-0.15, -0.1) is 0 Å². The van der Waals surface area contributed by atoms with Gasteiger partial charge in [0.2, 0.25) is 5.92 Å². The molecule has 5 saturated carbocycles. The Morgan fingerprint density at radius 1 is 0.927 bits per heavy atom. The van der Waals surface area contributed by atoms with Gasteiger partial charge in [-0.05, 0) is 106 Å². The number of amides is 1. The van der Waals surface area contributed by atoms with Gasteiger partial charge in [0, 0.05) is 62.1 Å². The quantitative estimate of drug-likeness (QED) is 0.211. The van der Waals surface area contributed by atoms with Gasteiger partial charge in [-0.2, -0.15) is 13.2 Å². The molecule has 9 rings (SSSR count). The Hall–Kier alpha value is -3.88. The van der Waals surface area contributed by atoms with Crippen LogP contribution in [0, 0.1) is 23.7 Å². The maximum absolute atomic E-state index is 14.8. The molecule has 2 N–H and O–H groups in total. The van der Waals surface area contributed by atoms with E-state index >= 15 is 0 Å². The number of carbonyl (C=O) groups excluding carboxylic acids is 1. The third-order valence-electron chi connectivity index (χ3n) is 13.0. The Kier molecular flexibility index (Phi) is 9.44. The number of aromatic nitrogens is 2. The van der Waals surface area contributed by atoms with Gasteiger partial charge in [0.1, 0.15) is 17.4 Å². The number of hydrogen-bond acceptors (Lipinski definition) is 5. The number of piperidine rings is 1. The minimum absolute atomic E-state index is 0.0925. The summed E-state index contributed by atoms with van der Waals surface area (Å²) < 4.78 is 108. The van der Waals surface area contributed by atoms with Gasteiger partial charge in [-0.1, -0.05) is 0 Å². The molecule has 55 heavy (non-hydrogen) atoms. The first-order valence-corrected chi connectivity index (χ1v) is 19.3. The summed E-state index contributed by atoms with van der Waals surface area (Å²) >= 11 is 0. The highest BCUT2D eigenvalue weighted by molar-refractivity contribution is 6.00. The van der Waals surface area contributed by atoms with Crippen LogP contribution >= 0.6 is 0 Å². The van der Waals surface area contributed by atoms with E-state index in [1.807, 2.05) is 0 Å². The van der Waals surface area contributed by atoms with Crippen LogP contribution in [0.1, 0.15) is 99.6 Å². The number of rotatable bonds is 9. The first kappa shape index (κ1) is 38.0. The Balaban J connectivity index is 1.11. The van der Waals surface area contributed by atoms with Gasteiger partial charge in [0.05, 0.1) is 23.3 Å². The minimum atomic E-state index is -5.07. The molecule has 0 unspecified atom stereocenters. The van der Waals surface area contributed by atoms with Crippen LogP contribution in [-0.2, 0) is 11.0 Å². The van der Waals surface area contributed by atoms with Crippen molar-refractivity contribution in [2.45, 2.75) is 113 Å². The van der Waals surface area contributed by atoms with Crippen LogP contribution in [0.3, 0.4) is 0 Å². The number of ether oxygens (including phenoxy) is 1. The number of alkyl halides is 7. The molecule has 3 aromatic rings. The van der Waals surface area contributed by atoms with E-state index in [4.69, 9.17) is 4.74 Å². The second-order valence-electron chi connectivity index (χ2n) is 16.9. The van der Waals surface area contributed by atoms with Crippen LogP contribution < -0.4 is 10.1 Å². The molecule has 0 atom stereocenters. The van der Waals surface area contributed by atoms with E-state index in [0.29, 0.717) is 85.7 Å². The predicted molar refractivity (Wildman–Crippen MR) is 188 cm³/mol. The van der Waals surface area contributed by atoms with Crippen molar-refractivity contribution in [3.05, 3.63) is 47.8 Å². The molecular weight excluding hydrogens is 733 g/mol. The zero-order chi connectivity index (χ0) is 39.1. The topological polar surface area (TPSA) is 96.7 Å². The fraction of sp³-hybridized carbons (Fsp3) is 0.625. The molecule has 2 aromatic heterocycles. The number of fused-ring (bicyclic) bond motifs is 1. The molecule has 298 valence electrons. The molecular formula is C40H45F7N4O4. The fourth-order valence-electron chi connectivity index (χ4n) is 10.7. The van der Waals surface area contributed by atoms with Crippen molar-refractivity contribution >= 4 is 22.8 Å². The van der Waals surface area contributed by atoms with Crippen LogP contribution in [0.15, 0.2) is 36.5 Å². The molecule has 1 aromatic carbocycles. The fourth-order valence-corrected chi connectivity index (χ4v) is 10.7. The highest BCUT2D eigenvalue weighted by Crippen LogP contribution is 2.58. The van der Waals surface area contributed by atoms with Crippen LogP contribution in [0.4, 0.5) is 30.7 Å². The number of carboxylic acids is 1. The van der Waals surface area contributed by atoms with Crippen molar-refractivity contribution in [3.8, 4) is 17.0 Å². The second-order valence-corrected chi connectivity index (χ2v) is 16.9. The average Bonchev–Trinajstić information content (AvgIpc) is 3.48. The lowest BCUT2D eigenvalue weighted by Gasteiger charge is -2.59. The highest BCUT2D eigenvalue weighted by Gasteiger charge is 2.62. The van der Waals surface area contributed by atoms with E-state index < -0.39 is 46.7 Å². The van der Waals surface area contributed by atoms with Crippen LogP contribution in [-0.4, -0.2) is 74.6 Å². The summed E-state index contributed by atoms with van der Waals surface area (Å²) in [6, 6.07) is 7.03. The molecule has 8 nitrogen and oxygen atoms in total.